The molecule has 182 valence electrons. The van der Waals surface area contributed by atoms with E-state index in [1.54, 1.807) is 11.1 Å². The van der Waals surface area contributed by atoms with Crippen LogP contribution in [0.15, 0.2) is 60.0 Å². The quantitative estimate of drug-likeness (QED) is 0.490. The van der Waals surface area contributed by atoms with Gasteiger partial charge in [0.25, 0.3) is 0 Å². The van der Waals surface area contributed by atoms with E-state index in [1.165, 1.54) is 80.5 Å². The Hall–Kier alpha value is -1.97. The number of aromatic nitrogens is 1. The van der Waals surface area contributed by atoms with Crippen LogP contribution in [-0.2, 0) is 4.74 Å². The lowest BCUT2D eigenvalue weighted by Crippen LogP contribution is -2.55. The van der Waals surface area contributed by atoms with Gasteiger partial charge in [-0.15, -0.1) is 0 Å². The minimum absolute atomic E-state index is 0.00830. The molecule has 2 spiro atoms. The van der Waals surface area contributed by atoms with Gasteiger partial charge in [-0.05, 0) is 123 Å². The van der Waals surface area contributed by atoms with Crippen LogP contribution in [-0.4, -0.2) is 40.2 Å². The first-order valence-electron chi connectivity index (χ1n) is 14.2. The first-order valence-corrected chi connectivity index (χ1v) is 14.2. The Bertz CT molecular complexity index is 1280. The van der Waals surface area contributed by atoms with Gasteiger partial charge < -0.3 is 9.64 Å². The molecule has 1 saturated heterocycles. The molecule has 4 fully saturated rings. The molecule has 3 heterocycles. The Morgan fingerprint density at radius 1 is 1.00 bits per heavy atom. The lowest BCUT2D eigenvalue weighted by molar-refractivity contribution is -0.140. The summed E-state index contributed by atoms with van der Waals surface area (Å²) in [6.45, 7) is 2.59. The first-order chi connectivity index (χ1) is 17.0. The van der Waals surface area contributed by atoms with Crippen molar-refractivity contribution in [2.75, 3.05) is 7.05 Å². The predicted molar refractivity (Wildman–Crippen MR) is 140 cm³/mol. The number of allylic oxidation sites excluding steroid dienone is 1. The summed E-state index contributed by atoms with van der Waals surface area (Å²) in [6.07, 6.45) is 21.9. The number of pyridine rings is 1. The third-order valence-corrected chi connectivity index (χ3v) is 11.4. The third-order valence-electron chi connectivity index (χ3n) is 11.4. The van der Waals surface area contributed by atoms with Crippen LogP contribution in [0.2, 0.25) is 0 Å². The second-order valence-corrected chi connectivity index (χ2v) is 13.0. The highest BCUT2D eigenvalue weighted by atomic mass is 16.5. The standard InChI is InChI=1S/C32H38N2O/c1-30-13-11-25-18-24-5-6-27(34(2)26-7-8-26)19-31(24)14-15-32(25,35-31)29(30)10-9-28(30)22-4-3-21-12-16-33-20-23(21)17-22/h3-4,11-12,16-18,20,26-29H,5-10,13-15,19H2,1-2H3/t27-,28+,29+,30+,31+,32+/m0/s1. The lowest BCUT2D eigenvalue weighted by Gasteiger charge is -2.55. The summed E-state index contributed by atoms with van der Waals surface area (Å²) in [5, 5.41) is 2.57. The SMILES string of the molecule is CN(C1CC1)[C@H]1CCC2=CC3=CC[C@]4(C)[C@@H](c5ccc6ccncc6c5)CC[C@H]4[C@@]34CC[C@]2(C1)O4. The van der Waals surface area contributed by atoms with E-state index in [9.17, 15) is 0 Å². The summed E-state index contributed by atoms with van der Waals surface area (Å²) in [5.74, 6) is 1.21. The van der Waals surface area contributed by atoms with Crippen LogP contribution in [0.5, 0.6) is 0 Å². The van der Waals surface area contributed by atoms with Gasteiger partial charge in [0, 0.05) is 29.9 Å². The van der Waals surface area contributed by atoms with E-state index in [-0.39, 0.29) is 16.6 Å². The van der Waals surface area contributed by atoms with Crippen molar-refractivity contribution >= 4 is 10.8 Å². The zero-order chi connectivity index (χ0) is 23.4. The summed E-state index contributed by atoms with van der Waals surface area (Å²) < 4.78 is 7.52. The largest absolute Gasteiger partial charge is 0.359 e. The molecule has 2 aliphatic heterocycles. The molecule has 3 heteroatoms. The van der Waals surface area contributed by atoms with Crippen LogP contribution in [0.25, 0.3) is 10.8 Å². The number of nitrogens with zero attached hydrogens (tertiary/aromatic N) is 2. The summed E-state index contributed by atoms with van der Waals surface area (Å²) >= 11 is 0. The lowest BCUT2D eigenvalue weighted by atomic mass is 9.58. The molecule has 4 aliphatic carbocycles. The zero-order valence-corrected chi connectivity index (χ0v) is 21.3. The topological polar surface area (TPSA) is 25.4 Å². The van der Waals surface area contributed by atoms with E-state index >= 15 is 0 Å². The van der Waals surface area contributed by atoms with Crippen molar-refractivity contribution in [2.24, 2.45) is 11.3 Å². The molecule has 6 aliphatic rings. The normalized spacial score (nSPS) is 41.9. The average molecular weight is 467 g/mol. The first kappa shape index (κ1) is 21.1. The molecular weight excluding hydrogens is 428 g/mol. The van der Waals surface area contributed by atoms with Crippen LogP contribution in [0.1, 0.15) is 82.6 Å². The third kappa shape index (κ3) is 2.83. The fourth-order valence-electron chi connectivity index (χ4n) is 9.38. The maximum Gasteiger partial charge on any atom is 0.0974 e. The van der Waals surface area contributed by atoms with Gasteiger partial charge in [0.05, 0.1) is 11.2 Å². The molecule has 0 radical (unpaired) electrons. The predicted octanol–water partition coefficient (Wildman–Crippen LogP) is 6.94. The van der Waals surface area contributed by atoms with Crippen LogP contribution < -0.4 is 0 Å². The molecule has 1 aromatic carbocycles. The van der Waals surface area contributed by atoms with E-state index in [2.05, 4.69) is 60.3 Å². The Morgan fingerprint density at radius 2 is 1.91 bits per heavy atom. The highest BCUT2D eigenvalue weighted by molar-refractivity contribution is 5.82. The van der Waals surface area contributed by atoms with E-state index in [0.717, 1.165) is 6.04 Å². The Balaban J connectivity index is 1.15. The van der Waals surface area contributed by atoms with E-state index in [4.69, 9.17) is 4.74 Å². The van der Waals surface area contributed by atoms with Crippen molar-refractivity contribution in [3.8, 4) is 0 Å². The van der Waals surface area contributed by atoms with Crippen molar-refractivity contribution in [3.63, 3.8) is 0 Å². The molecule has 3 saturated carbocycles. The number of hydrogen-bond donors (Lipinski definition) is 0. The minimum Gasteiger partial charge on any atom is -0.359 e. The second kappa shape index (κ2) is 7.07. The number of rotatable bonds is 3. The van der Waals surface area contributed by atoms with E-state index in [0.29, 0.717) is 17.9 Å². The molecule has 6 atom stereocenters. The Labute approximate surface area is 209 Å². The van der Waals surface area contributed by atoms with Crippen molar-refractivity contribution in [3.05, 3.63) is 65.5 Å². The van der Waals surface area contributed by atoms with Gasteiger partial charge in [0.1, 0.15) is 0 Å². The van der Waals surface area contributed by atoms with Crippen LogP contribution in [0.4, 0.5) is 0 Å². The van der Waals surface area contributed by atoms with Crippen molar-refractivity contribution < 1.29 is 4.74 Å². The zero-order valence-electron chi connectivity index (χ0n) is 21.3. The number of benzene rings is 1. The van der Waals surface area contributed by atoms with Crippen LogP contribution in [0, 0.1) is 11.3 Å². The molecule has 0 N–H and O–H groups in total. The molecule has 35 heavy (non-hydrogen) atoms. The highest BCUT2D eigenvalue weighted by Gasteiger charge is 2.66. The van der Waals surface area contributed by atoms with Gasteiger partial charge in [0.15, 0.2) is 0 Å². The molecular formula is C32H38N2O. The molecule has 1 aromatic heterocycles. The monoisotopic (exact) mass is 466 g/mol. The Morgan fingerprint density at radius 3 is 2.80 bits per heavy atom. The molecule has 0 unspecified atom stereocenters. The van der Waals surface area contributed by atoms with Crippen LogP contribution in [0.3, 0.4) is 0 Å². The maximum absolute atomic E-state index is 7.52. The van der Waals surface area contributed by atoms with Gasteiger partial charge in [-0.2, -0.15) is 0 Å². The molecule has 3 nitrogen and oxygen atoms in total. The highest BCUT2D eigenvalue weighted by Crippen LogP contribution is 2.69. The van der Waals surface area contributed by atoms with Gasteiger partial charge >= 0.3 is 0 Å². The molecule has 0 amide bonds. The summed E-state index contributed by atoms with van der Waals surface area (Å²) in [6, 6.07) is 10.8. The average Bonchev–Trinajstić information content (AvgIpc) is 3.60. The van der Waals surface area contributed by atoms with Crippen molar-refractivity contribution in [1.29, 1.82) is 0 Å². The van der Waals surface area contributed by atoms with Gasteiger partial charge in [0.2, 0.25) is 0 Å². The number of hydrogen-bond acceptors (Lipinski definition) is 3. The summed E-state index contributed by atoms with van der Waals surface area (Å²) in [5.41, 5.74) is 4.89. The fraction of sp³-hybridized carbons (Fsp3) is 0.594. The molecule has 8 rings (SSSR count). The summed E-state index contributed by atoms with van der Waals surface area (Å²) in [4.78, 5) is 7.10. The van der Waals surface area contributed by atoms with Crippen LogP contribution >= 0.6 is 0 Å². The van der Waals surface area contributed by atoms with Gasteiger partial charge in [-0.1, -0.05) is 31.2 Å². The summed E-state index contributed by atoms with van der Waals surface area (Å²) in [7, 11) is 2.38. The van der Waals surface area contributed by atoms with E-state index in [1.807, 2.05) is 12.4 Å². The number of fused-ring (bicyclic) bond motifs is 2. The van der Waals surface area contributed by atoms with Crippen molar-refractivity contribution in [1.82, 2.24) is 9.88 Å². The molecule has 2 bridgehead atoms. The smallest absolute Gasteiger partial charge is 0.0974 e. The number of ether oxygens (including phenoxy) is 1. The van der Waals surface area contributed by atoms with Gasteiger partial charge in [-0.3, -0.25) is 4.98 Å². The Kier molecular flexibility index (Phi) is 4.27. The van der Waals surface area contributed by atoms with E-state index < -0.39 is 0 Å². The maximum atomic E-state index is 7.52. The minimum atomic E-state index is -0.0519. The second-order valence-electron chi connectivity index (χ2n) is 13.0. The fourth-order valence-corrected chi connectivity index (χ4v) is 9.38. The van der Waals surface area contributed by atoms with Gasteiger partial charge in [-0.25, -0.2) is 0 Å². The molecule has 2 aromatic rings. The van der Waals surface area contributed by atoms with Crippen molar-refractivity contribution in [2.45, 2.75) is 100 Å².